The largest absolute Gasteiger partial charge is 0.345 e. The molecule has 0 heterocycles. The second-order valence-electron chi connectivity index (χ2n) is 6.48. The van der Waals surface area contributed by atoms with E-state index in [0.29, 0.717) is 11.5 Å². The molecule has 0 aliphatic heterocycles. The van der Waals surface area contributed by atoms with Crippen molar-refractivity contribution >= 4 is 18.1 Å². The van der Waals surface area contributed by atoms with Crippen molar-refractivity contribution in [2.75, 3.05) is 6.54 Å². The molecule has 0 fully saturated rings. The average molecular weight is 300 g/mol. The lowest BCUT2D eigenvalue weighted by Gasteiger charge is -2.31. The molecule has 6 heteroatoms. The second kappa shape index (κ2) is 8.77. The number of nitrogens with zero attached hydrogens (tertiary/aromatic N) is 1. The van der Waals surface area contributed by atoms with Crippen LogP contribution in [0.3, 0.4) is 0 Å². The summed E-state index contributed by atoms with van der Waals surface area (Å²) in [7, 11) is 0. The van der Waals surface area contributed by atoms with Gasteiger partial charge in [-0.1, -0.05) is 40.5 Å². The molecule has 0 spiro atoms. The lowest BCUT2D eigenvalue weighted by atomic mass is 9.84. The number of amides is 2. The van der Waals surface area contributed by atoms with Crippen LogP contribution in [0.25, 0.3) is 0 Å². The summed E-state index contributed by atoms with van der Waals surface area (Å²) in [6.07, 6.45) is 2.55. The van der Waals surface area contributed by atoms with Crippen LogP contribution < -0.4 is 5.32 Å². The molecule has 122 valence electrons. The van der Waals surface area contributed by atoms with Crippen LogP contribution in [0.15, 0.2) is 0 Å². The number of ketones is 1. The van der Waals surface area contributed by atoms with Crippen LogP contribution in [0, 0.1) is 11.3 Å². The standard InChI is InChI=1S/C15H28N2O4/c1-6-7-8-12(9-17(21)10-18)14(20)16-13(11(2)19)15(3,4)5/h10,12-13,21H,6-9H2,1-5H3,(H,16,20). The van der Waals surface area contributed by atoms with Crippen molar-refractivity contribution in [3.8, 4) is 0 Å². The van der Waals surface area contributed by atoms with Crippen LogP contribution in [0.5, 0.6) is 0 Å². The van der Waals surface area contributed by atoms with Crippen molar-refractivity contribution in [2.24, 2.45) is 11.3 Å². The van der Waals surface area contributed by atoms with Crippen molar-refractivity contribution < 1.29 is 19.6 Å². The van der Waals surface area contributed by atoms with Crippen LogP contribution in [0.2, 0.25) is 0 Å². The maximum Gasteiger partial charge on any atom is 0.233 e. The lowest BCUT2D eigenvalue weighted by molar-refractivity contribution is -0.155. The Balaban J connectivity index is 4.92. The normalized spacial score (nSPS) is 14.2. The molecule has 2 unspecified atom stereocenters. The minimum atomic E-state index is -0.586. The highest BCUT2D eigenvalue weighted by Gasteiger charge is 2.32. The molecular formula is C15H28N2O4. The van der Waals surface area contributed by atoms with E-state index in [2.05, 4.69) is 5.32 Å². The Morgan fingerprint density at radius 3 is 2.29 bits per heavy atom. The number of hydroxylamine groups is 2. The molecule has 0 bridgehead atoms. The smallest absolute Gasteiger partial charge is 0.233 e. The average Bonchev–Trinajstić information content (AvgIpc) is 2.38. The number of nitrogens with one attached hydrogen (secondary N) is 1. The highest BCUT2D eigenvalue weighted by molar-refractivity contribution is 5.89. The molecule has 6 nitrogen and oxygen atoms in total. The molecule has 0 aromatic heterocycles. The first kappa shape index (κ1) is 19.6. The number of hydrogen-bond acceptors (Lipinski definition) is 4. The molecular weight excluding hydrogens is 272 g/mol. The van der Waals surface area contributed by atoms with Crippen LogP contribution in [0.4, 0.5) is 0 Å². The first-order valence-corrected chi connectivity index (χ1v) is 7.35. The predicted molar refractivity (Wildman–Crippen MR) is 79.6 cm³/mol. The fraction of sp³-hybridized carbons (Fsp3) is 0.800. The molecule has 0 aromatic rings. The monoisotopic (exact) mass is 300 g/mol. The third kappa shape index (κ3) is 7.22. The molecule has 0 aliphatic rings. The summed E-state index contributed by atoms with van der Waals surface area (Å²) in [5, 5.41) is 12.5. The molecule has 2 atom stereocenters. The van der Waals surface area contributed by atoms with Gasteiger partial charge in [-0.05, 0) is 18.8 Å². The lowest BCUT2D eigenvalue weighted by Crippen LogP contribution is -2.51. The number of carbonyl (C=O) groups excluding carboxylic acids is 3. The molecule has 2 amide bonds. The van der Waals surface area contributed by atoms with Crippen molar-refractivity contribution in [2.45, 2.75) is 59.9 Å². The third-order valence-electron chi connectivity index (χ3n) is 3.37. The van der Waals surface area contributed by atoms with Gasteiger partial charge in [-0.15, -0.1) is 0 Å². The highest BCUT2D eigenvalue weighted by Crippen LogP contribution is 2.21. The summed E-state index contributed by atoms with van der Waals surface area (Å²) in [5.41, 5.74) is -0.389. The van der Waals surface area contributed by atoms with Gasteiger partial charge in [0, 0.05) is 0 Å². The molecule has 0 saturated heterocycles. The summed E-state index contributed by atoms with van der Waals surface area (Å²) in [4.78, 5) is 34.6. The van der Waals surface area contributed by atoms with Gasteiger partial charge in [0.25, 0.3) is 0 Å². The molecule has 0 aromatic carbocycles. The molecule has 21 heavy (non-hydrogen) atoms. The molecule has 0 aliphatic carbocycles. The Kier molecular flexibility index (Phi) is 8.17. The van der Waals surface area contributed by atoms with Gasteiger partial charge >= 0.3 is 0 Å². The van der Waals surface area contributed by atoms with E-state index < -0.39 is 12.0 Å². The molecule has 2 N–H and O–H groups in total. The van der Waals surface area contributed by atoms with Crippen molar-refractivity contribution in [1.29, 1.82) is 0 Å². The fourth-order valence-corrected chi connectivity index (χ4v) is 2.21. The number of unbranched alkanes of at least 4 members (excludes halogenated alkanes) is 1. The minimum Gasteiger partial charge on any atom is -0.345 e. The van der Waals surface area contributed by atoms with E-state index in [1.54, 1.807) is 0 Å². The van der Waals surface area contributed by atoms with Crippen molar-refractivity contribution in [3.63, 3.8) is 0 Å². The summed E-state index contributed by atoms with van der Waals surface area (Å²) in [5.74, 6) is -0.940. The molecule has 0 saturated carbocycles. The van der Waals surface area contributed by atoms with Gasteiger partial charge in [0.1, 0.15) is 0 Å². The number of Topliss-reactive ketones (excluding diaryl/α,β-unsaturated/α-hetero) is 1. The quantitative estimate of drug-likeness (QED) is 0.386. The Morgan fingerprint density at radius 1 is 1.33 bits per heavy atom. The van der Waals surface area contributed by atoms with Crippen LogP contribution >= 0.6 is 0 Å². The fourth-order valence-electron chi connectivity index (χ4n) is 2.21. The summed E-state index contributed by atoms with van der Waals surface area (Å²) in [6, 6.07) is -0.586. The number of hydrogen-bond donors (Lipinski definition) is 2. The summed E-state index contributed by atoms with van der Waals surface area (Å²) < 4.78 is 0. The summed E-state index contributed by atoms with van der Waals surface area (Å²) >= 11 is 0. The van der Waals surface area contributed by atoms with Gasteiger partial charge in [0.05, 0.1) is 18.5 Å². The second-order valence-corrected chi connectivity index (χ2v) is 6.48. The van der Waals surface area contributed by atoms with Crippen LogP contribution in [-0.4, -0.2) is 41.0 Å². The minimum absolute atomic E-state index is 0.0654. The van der Waals surface area contributed by atoms with Gasteiger partial charge in [0.15, 0.2) is 5.78 Å². The SMILES string of the molecule is CCCCC(CN(O)C=O)C(=O)NC(C(C)=O)C(C)(C)C. The predicted octanol–water partition coefficient (Wildman–Crippen LogP) is 1.76. The zero-order chi connectivity index (χ0) is 16.6. The Labute approximate surface area is 126 Å². The zero-order valence-electron chi connectivity index (χ0n) is 13.7. The molecule has 0 rings (SSSR count). The Hall–Kier alpha value is -1.43. The highest BCUT2D eigenvalue weighted by atomic mass is 16.5. The van der Waals surface area contributed by atoms with E-state index in [0.717, 1.165) is 12.8 Å². The first-order chi connectivity index (χ1) is 9.63. The van der Waals surface area contributed by atoms with Gasteiger partial charge in [-0.25, -0.2) is 5.06 Å². The van der Waals surface area contributed by atoms with E-state index in [1.807, 2.05) is 27.7 Å². The van der Waals surface area contributed by atoms with Crippen molar-refractivity contribution in [1.82, 2.24) is 10.4 Å². The number of rotatable bonds is 9. The van der Waals surface area contributed by atoms with Gasteiger partial charge in [0.2, 0.25) is 12.3 Å². The summed E-state index contributed by atoms with van der Waals surface area (Å²) in [6.45, 7) is 9.02. The van der Waals surface area contributed by atoms with Crippen molar-refractivity contribution in [3.05, 3.63) is 0 Å². The van der Waals surface area contributed by atoms with Gasteiger partial charge in [-0.2, -0.15) is 0 Å². The first-order valence-electron chi connectivity index (χ1n) is 7.35. The van der Waals surface area contributed by atoms with E-state index in [9.17, 15) is 19.6 Å². The van der Waals surface area contributed by atoms with E-state index in [-0.39, 0.29) is 30.1 Å². The van der Waals surface area contributed by atoms with Crippen LogP contribution in [-0.2, 0) is 14.4 Å². The maximum atomic E-state index is 12.3. The Morgan fingerprint density at radius 2 is 1.90 bits per heavy atom. The zero-order valence-corrected chi connectivity index (χ0v) is 13.7. The number of carbonyl (C=O) groups is 3. The van der Waals surface area contributed by atoms with Gasteiger partial charge in [-0.3, -0.25) is 19.6 Å². The molecule has 0 radical (unpaired) electrons. The third-order valence-corrected chi connectivity index (χ3v) is 3.37. The van der Waals surface area contributed by atoms with E-state index >= 15 is 0 Å². The van der Waals surface area contributed by atoms with E-state index in [4.69, 9.17) is 0 Å². The maximum absolute atomic E-state index is 12.3. The Bertz CT molecular complexity index is 363. The van der Waals surface area contributed by atoms with Crippen LogP contribution in [0.1, 0.15) is 53.9 Å². The van der Waals surface area contributed by atoms with Gasteiger partial charge < -0.3 is 5.32 Å². The van der Waals surface area contributed by atoms with E-state index in [1.165, 1.54) is 6.92 Å². The topological polar surface area (TPSA) is 86.7 Å².